The van der Waals surface area contributed by atoms with Crippen molar-refractivity contribution in [2.75, 3.05) is 10.6 Å². The zero-order valence-electron chi connectivity index (χ0n) is 11.3. The lowest BCUT2D eigenvalue weighted by atomic mass is 10.2. The summed E-state index contributed by atoms with van der Waals surface area (Å²) in [5, 5.41) is 5.42. The molecular weight excluding hydrogens is 284 g/mol. The van der Waals surface area contributed by atoms with E-state index in [-0.39, 0.29) is 11.8 Å². The lowest BCUT2D eigenvalue weighted by Crippen LogP contribution is -2.14. The number of hydrogen-bond acceptors (Lipinski definition) is 4. The van der Waals surface area contributed by atoms with Gasteiger partial charge in [0.1, 0.15) is 11.4 Å². The van der Waals surface area contributed by atoms with Crippen LogP contribution in [-0.2, 0) is 0 Å². The number of hydrogen-bond donors (Lipinski definition) is 4. The predicted molar refractivity (Wildman–Crippen MR) is 79.5 cm³/mol. The number of anilines is 2. The summed E-state index contributed by atoms with van der Waals surface area (Å²) in [6.45, 7) is 0. The minimum absolute atomic E-state index is 0.311. The molecule has 0 unspecified atom stereocenters. The largest absolute Gasteiger partial charge is 0.341 e. The summed E-state index contributed by atoms with van der Waals surface area (Å²) >= 11 is 0. The molecule has 22 heavy (non-hydrogen) atoms. The molecule has 0 saturated carbocycles. The third-order valence-electron chi connectivity index (χ3n) is 2.86. The van der Waals surface area contributed by atoms with Crippen LogP contribution in [0.25, 0.3) is 0 Å². The van der Waals surface area contributed by atoms with Crippen molar-refractivity contribution in [2.24, 2.45) is 0 Å². The predicted octanol–water partition coefficient (Wildman–Crippen LogP) is 1.64. The molecule has 0 spiro atoms. The van der Waals surface area contributed by atoms with E-state index in [4.69, 9.17) is 0 Å². The van der Waals surface area contributed by atoms with Gasteiger partial charge in [-0.15, -0.1) is 0 Å². The van der Waals surface area contributed by atoms with Crippen LogP contribution in [-0.4, -0.2) is 31.8 Å². The van der Waals surface area contributed by atoms with Crippen LogP contribution in [0.15, 0.2) is 49.3 Å². The highest BCUT2D eigenvalue weighted by Crippen LogP contribution is 2.16. The van der Waals surface area contributed by atoms with Gasteiger partial charge in [-0.25, -0.2) is 9.97 Å². The fourth-order valence-corrected chi connectivity index (χ4v) is 1.83. The van der Waals surface area contributed by atoms with Crippen LogP contribution < -0.4 is 10.6 Å². The average molecular weight is 296 g/mol. The van der Waals surface area contributed by atoms with Gasteiger partial charge in [-0.2, -0.15) is 0 Å². The van der Waals surface area contributed by atoms with Gasteiger partial charge in [0.25, 0.3) is 11.8 Å². The maximum Gasteiger partial charge on any atom is 0.273 e. The van der Waals surface area contributed by atoms with E-state index in [1.165, 1.54) is 25.0 Å². The van der Waals surface area contributed by atoms with E-state index in [0.29, 0.717) is 22.8 Å². The number of carbonyl (C=O) groups excluding carboxylic acids is 2. The van der Waals surface area contributed by atoms with Gasteiger partial charge in [0.05, 0.1) is 25.0 Å². The molecule has 8 nitrogen and oxygen atoms in total. The summed E-state index contributed by atoms with van der Waals surface area (Å²) in [7, 11) is 0. The number of H-pyrrole nitrogens is 2. The zero-order chi connectivity index (χ0) is 15.4. The van der Waals surface area contributed by atoms with Gasteiger partial charge in [0.15, 0.2) is 0 Å². The first-order chi connectivity index (χ1) is 10.7. The Balaban J connectivity index is 1.70. The van der Waals surface area contributed by atoms with Crippen molar-refractivity contribution in [3.8, 4) is 0 Å². The molecule has 3 rings (SSSR count). The van der Waals surface area contributed by atoms with Crippen LogP contribution in [0.4, 0.5) is 11.4 Å². The van der Waals surface area contributed by atoms with Crippen LogP contribution >= 0.6 is 0 Å². The van der Waals surface area contributed by atoms with E-state index < -0.39 is 0 Å². The average Bonchev–Trinajstić information content (AvgIpc) is 3.21. The first kappa shape index (κ1) is 13.6. The van der Waals surface area contributed by atoms with E-state index in [1.807, 2.05) is 0 Å². The first-order valence-corrected chi connectivity index (χ1v) is 6.42. The smallest absolute Gasteiger partial charge is 0.273 e. The molecule has 2 amide bonds. The van der Waals surface area contributed by atoms with E-state index >= 15 is 0 Å². The Bertz CT molecular complexity index is 716. The van der Waals surface area contributed by atoms with E-state index in [9.17, 15) is 9.59 Å². The molecule has 0 fully saturated rings. The standard InChI is InChI=1S/C14H12N6O2/c21-13(11-5-15-7-17-11)19-9-2-1-3-10(4-9)20-14(22)12-6-16-8-18-12/h1-8H,(H,15,17)(H,16,18)(H,19,21)(H,20,22). The number of rotatable bonds is 4. The molecule has 2 aromatic heterocycles. The van der Waals surface area contributed by atoms with Crippen molar-refractivity contribution in [1.29, 1.82) is 0 Å². The van der Waals surface area contributed by atoms with E-state index in [2.05, 4.69) is 30.6 Å². The van der Waals surface area contributed by atoms with Crippen LogP contribution in [0.1, 0.15) is 21.0 Å². The SMILES string of the molecule is O=C(Nc1cccc(NC(=O)c2cnc[nH]2)c1)c1cnc[nH]1. The molecular formula is C14H12N6O2. The summed E-state index contributed by atoms with van der Waals surface area (Å²) < 4.78 is 0. The summed E-state index contributed by atoms with van der Waals surface area (Å²) in [5.74, 6) is -0.621. The third-order valence-corrected chi connectivity index (χ3v) is 2.86. The lowest BCUT2D eigenvalue weighted by molar-refractivity contribution is 0.101. The van der Waals surface area contributed by atoms with Crippen molar-refractivity contribution in [3.63, 3.8) is 0 Å². The number of benzene rings is 1. The Kier molecular flexibility index (Phi) is 3.65. The maximum atomic E-state index is 11.9. The second kappa shape index (κ2) is 5.92. The number of carbonyl (C=O) groups is 2. The van der Waals surface area contributed by atoms with Crippen LogP contribution in [0.5, 0.6) is 0 Å². The highest BCUT2D eigenvalue weighted by atomic mass is 16.2. The Morgan fingerprint density at radius 1 is 0.864 bits per heavy atom. The van der Waals surface area contributed by atoms with Crippen molar-refractivity contribution in [2.45, 2.75) is 0 Å². The number of imidazole rings is 2. The molecule has 0 aliphatic heterocycles. The number of amides is 2. The molecule has 0 radical (unpaired) electrons. The third kappa shape index (κ3) is 3.01. The number of nitrogens with one attached hydrogen (secondary N) is 4. The molecule has 8 heteroatoms. The van der Waals surface area contributed by atoms with Crippen LogP contribution in [0.2, 0.25) is 0 Å². The molecule has 0 aliphatic rings. The summed E-state index contributed by atoms with van der Waals surface area (Å²) in [6, 6.07) is 6.83. The topological polar surface area (TPSA) is 116 Å². The molecule has 2 heterocycles. The lowest BCUT2D eigenvalue weighted by Gasteiger charge is -2.07. The van der Waals surface area contributed by atoms with Crippen LogP contribution in [0, 0.1) is 0 Å². The highest BCUT2D eigenvalue weighted by Gasteiger charge is 2.09. The normalized spacial score (nSPS) is 10.2. The zero-order valence-corrected chi connectivity index (χ0v) is 11.3. The van der Waals surface area contributed by atoms with Gasteiger partial charge in [-0.1, -0.05) is 6.07 Å². The summed E-state index contributed by atoms with van der Waals surface area (Å²) in [6.07, 6.45) is 5.71. The summed E-state index contributed by atoms with van der Waals surface area (Å²) in [5.41, 5.74) is 1.82. The Hall–Kier alpha value is -3.42. The van der Waals surface area contributed by atoms with Gasteiger partial charge in [0, 0.05) is 11.4 Å². The molecule has 0 atom stereocenters. The fourth-order valence-electron chi connectivity index (χ4n) is 1.83. The highest BCUT2D eigenvalue weighted by molar-refractivity contribution is 6.04. The Labute approximate surface area is 125 Å². The number of aromatic amines is 2. The van der Waals surface area contributed by atoms with E-state index in [1.54, 1.807) is 24.3 Å². The number of aromatic nitrogens is 4. The van der Waals surface area contributed by atoms with E-state index in [0.717, 1.165) is 0 Å². The van der Waals surface area contributed by atoms with Gasteiger partial charge in [-0.05, 0) is 18.2 Å². The molecule has 3 aromatic rings. The van der Waals surface area contributed by atoms with Crippen molar-refractivity contribution in [1.82, 2.24) is 19.9 Å². The molecule has 1 aromatic carbocycles. The van der Waals surface area contributed by atoms with Crippen molar-refractivity contribution >= 4 is 23.2 Å². The Morgan fingerprint density at radius 2 is 1.36 bits per heavy atom. The fraction of sp³-hybridized carbons (Fsp3) is 0. The minimum Gasteiger partial charge on any atom is -0.341 e. The summed E-state index contributed by atoms with van der Waals surface area (Å²) in [4.78, 5) is 36.8. The first-order valence-electron chi connectivity index (χ1n) is 6.42. The molecule has 110 valence electrons. The van der Waals surface area contributed by atoms with Gasteiger partial charge >= 0.3 is 0 Å². The van der Waals surface area contributed by atoms with Crippen molar-refractivity contribution < 1.29 is 9.59 Å². The quantitative estimate of drug-likeness (QED) is 0.585. The maximum absolute atomic E-state index is 11.9. The van der Waals surface area contributed by atoms with Gasteiger partial charge in [-0.3, -0.25) is 9.59 Å². The Morgan fingerprint density at radius 3 is 1.77 bits per heavy atom. The second-order valence-corrected chi connectivity index (χ2v) is 4.42. The molecule has 0 saturated heterocycles. The second-order valence-electron chi connectivity index (χ2n) is 4.42. The van der Waals surface area contributed by atoms with Gasteiger partial charge in [0.2, 0.25) is 0 Å². The van der Waals surface area contributed by atoms with Crippen molar-refractivity contribution in [3.05, 3.63) is 60.7 Å². The molecule has 0 aliphatic carbocycles. The van der Waals surface area contributed by atoms with Gasteiger partial charge < -0.3 is 20.6 Å². The monoisotopic (exact) mass is 296 g/mol. The molecule has 0 bridgehead atoms. The molecule has 4 N–H and O–H groups in total. The number of nitrogens with zero attached hydrogens (tertiary/aromatic N) is 2. The van der Waals surface area contributed by atoms with Crippen LogP contribution in [0.3, 0.4) is 0 Å². The minimum atomic E-state index is -0.311.